The van der Waals surface area contributed by atoms with E-state index in [0.29, 0.717) is 15.7 Å². The summed E-state index contributed by atoms with van der Waals surface area (Å²) < 4.78 is 13.8. The molecule has 0 radical (unpaired) electrons. The van der Waals surface area contributed by atoms with Crippen molar-refractivity contribution in [3.63, 3.8) is 0 Å². The second-order valence-electron chi connectivity index (χ2n) is 4.36. The first kappa shape index (κ1) is 12.9. The third kappa shape index (κ3) is 2.44. The number of carbonyl (C=O) groups is 1. The van der Waals surface area contributed by atoms with Crippen molar-refractivity contribution >= 4 is 38.4 Å². The Morgan fingerprint density at radius 2 is 2.00 bits per heavy atom. The van der Waals surface area contributed by atoms with Crippen molar-refractivity contribution in [3.05, 3.63) is 64.5 Å². The number of anilines is 1. The van der Waals surface area contributed by atoms with Gasteiger partial charge in [0.05, 0.1) is 4.47 Å². The van der Waals surface area contributed by atoms with Crippen LogP contribution in [0.5, 0.6) is 0 Å². The number of benzene rings is 2. The van der Waals surface area contributed by atoms with Crippen LogP contribution in [-0.2, 0) is 0 Å². The highest BCUT2D eigenvalue weighted by molar-refractivity contribution is 9.10. The first-order valence-corrected chi connectivity index (χ1v) is 6.76. The zero-order valence-electron chi connectivity index (χ0n) is 10.3. The van der Waals surface area contributed by atoms with Gasteiger partial charge in [0, 0.05) is 23.0 Å². The molecule has 0 spiro atoms. The summed E-state index contributed by atoms with van der Waals surface area (Å²) in [5, 5.41) is 3.71. The number of nitrogens with one attached hydrogen (secondary N) is 2. The molecule has 0 aliphatic carbocycles. The van der Waals surface area contributed by atoms with E-state index in [9.17, 15) is 9.18 Å². The lowest BCUT2D eigenvalue weighted by molar-refractivity contribution is 0.102. The van der Waals surface area contributed by atoms with E-state index in [0.717, 1.165) is 10.9 Å². The predicted octanol–water partition coefficient (Wildman–Crippen LogP) is 4.32. The molecule has 100 valence electrons. The molecule has 1 heterocycles. The van der Waals surface area contributed by atoms with Crippen LogP contribution < -0.4 is 5.32 Å². The zero-order valence-corrected chi connectivity index (χ0v) is 11.9. The highest BCUT2D eigenvalue weighted by Crippen LogP contribution is 2.20. The van der Waals surface area contributed by atoms with E-state index in [2.05, 4.69) is 26.2 Å². The van der Waals surface area contributed by atoms with Crippen LogP contribution in [0.1, 0.15) is 10.4 Å². The molecular formula is C15H10BrFN2O. The molecule has 2 aromatic carbocycles. The van der Waals surface area contributed by atoms with E-state index in [1.165, 1.54) is 6.07 Å². The monoisotopic (exact) mass is 332 g/mol. The number of rotatable bonds is 2. The number of aromatic amines is 1. The van der Waals surface area contributed by atoms with E-state index >= 15 is 0 Å². The van der Waals surface area contributed by atoms with E-state index in [1.54, 1.807) is 24.3 Å². The average Bonchev–Trinajstić information content (AvgIpc) is 2.90. The lowest BCUT2D eigenvalue weighted by atomic mass is 10.1. The van der Waals surface area contributed by atoms with Gasteiger partial charge in [-0.2, -0.15) is 0 Å². The standard InChI is InChI=1S/C15H10BrFN2O/c16-12-4-3-11(8-13(12)17)19-15(20)10-2-1-9-5-6-18-14(9)7-10/h1-8,18H,(H,19,20). The Balaban J connectivity index is 1.86. The Bertz CT molecular complexity index is 797. The third-order valence-electron chi connectivity index (χ3n) is 2.99. The van der Waals surface area contributed by atoms with Crippen LogP contribution in [0.2, 0.25) is 0 Å². The first-order chi connectivity index (χ1) is 9.63. The second-order valence-corrected chi connectivity index (χ2v) is 5.22. The summed E-state index contributed by atoms with van der Waals surface area (Å²) in [6, 6.07) is 11.8. The summed E-state index contributed by atoms with van der Waals surface area (Å²) in [5.41, 5.74) is 1.82. The van der Waals surface area contributed by atoms with Crippen LogP contribution in [0.25, 0.3) is 10.9 Å². The Morgan fingerprint density at radius 3 is 2.80 bits per heavy atom. The Morgan fingerprint density at radius 1 is 1.15 bits per heavy atom. The van der Waals surface area contributed by atoms with Gasteiger partial charge >= 0.3 is 0 Å². The van der Waals surface area contributed by atoms with Crippen LogP contribution in [0.3, 0.4) is 0 Å². The average molecular weight is 333 g/mol. The van der Waals surface area contributed by atoms with Gasteiger partial charge in [-0.15, -0.1) is 0 Å². The Hall–Kier alpha value is -2.14. The predicted molar refractivity (Wildman–Crippen MR) is 80.4 cm³/mol. The molecule has 2 N–H and O–H groups in total. The summed E-state index contributed by atoms with van der Waals surface area (Å²) in [5.74, 6) is -0.689. The van der Waals surface area contributed by atoms with Crippen molar-refractivity contribution in [2.75, 3.05) is 5.32 Å². The maximum absolute atomic E-state index is 13.4. The van der Waals surface area contributed by atoms with E-state index in [-0.39, 0.29) is 5.91 Å². The fraction of sp³-hybridized carbons (Fsp3) is 0. The molecule has 3 rings (SSSR count). The molecule has 1 amide bonds. The maximum atomic E-state index is 13.4. The molecule has 0 unspecified atom stereocenters. The highest BCUT2D eigenvalue weighted by Gasteiger charge is 2.08. The van der Waals surface area contributed by atoms with Gasteiger partial charge in [0.2, 0.25) is 0 Å². The lowest BCUT2D eigenvalue weighted by Gasteiger charge is -2.06. The number of halogens is 2. The first-order valence-electron chi connectivity index (χ1n) is 5.97. The van der Waals surface area contributed by atoms with Gasteiger partial charge in [-0.3, -0.25) is 4.79 Å². The van der Waals surface area contributed by atoms with Gasteiger partial charge < -0.3 is 10.3 Å². The molecule has 0 bridgehead atoms. The van der Waals surface area contributed by atoms with Crippen molar-refractivity contribution in [1.82, 2.24) is 4.98 Å². The number of hydrogen-bond acceptors (Lipinski definition) is 1. The lowest BCUT2D eigenvalue weighted by Crippen LogP contribution is -2.11. The Kier molecular flexibility index (Phi) is 3.28. The van der Waals surface area contributed by atoms with Gasteiger partial charge in [-0.05, 0) is 57.7 Å². The SMILES string of the molecule is O=C(Nc1ccc(Br)c(F)c1)c1ccc2cc[nH]c2c1. The van der Waals surface area contributed by atoms with Gasteiger partial charge in [-0.1, -0.05) is 6.07 Å². The smallest absolute Gasteiger partial charge is 0.255 e. The number of hydrogen-bond donors (Lipinski definition) is 2. The van der Waals surface area contributed by atoms with E-state index in [1.807, 2.05) is 18.3 Å². The fourth-order valence-electron chi connectivity index (χ4n) is 1.97. The van der Waals surface area contributed by atoms with Gasteiger partial charge in [-0.25, -0.2) is 4.39 Å². The molecular weight excluding hydrogens is 323 g/mol. The number of amides is 1. The molecule has 0 saturated carbocycles. The summed E-state index contributed by atoms with van der Waals surface area (Å²) in [6.07, 6.45) is 1.82. The number of aromatic nitrogens is 1. The van der Waals surface area contributed by atoms with Crippen molar-refractivity contribution in [3.8, 4) is 0 Å². The minimum Gasteiger partial charge on any atom is -0.361 e. The largest absolute Gasteiger partial charge is 0.361 e. The van der Waals surface area contributed by atoms with Crippen molar-refractivity contribution in [2.24, 2.45) is 0 Å². The van der Waals surface area contributed by atoms with Crippen LogP contribution in [-0.4, -0.2) is 10.9 Å². The summed E-state index contributed by atoms with van der Waals surface area (Å²) >= 11 is 3.07. The minimum absolute atomic E-state index is 0.275. The molecule has 3 aromatic rings. The van der Waals surface area contributed by atoms with Crippen LogP contribution in [0.4, 0.5) is 10.1 Å². The molecule has 0 aliphatic rings. The molecule has 0 fully saturated rings. The highest BCUT2D eigenvalue weighted by atomic mass is 79.9. The van der Waals surface area contributed by atoms with Crippen LogP contribution in [0.15, 0.2) is 53.1 Å². The quantitative estimate of drug-likeness (QED) is 0.721. The summed E-state index contributed by atoms with van der Waals surface area (Å²) in [6.45, 7) is 0. The van der Waals surface area contributed by atoms with Crippen molar-refractivity contribution in [1.29, 1.82) is 0 Å². The Labute approximate surface area is 122 Å². The van der Waals surface area contributed by atoms with Crippen molar-refractivity contribution < 1.29 is 9.18 Å². The van der Waals surface area contributed by atoms with Gasteiger partial charge in [0.1, 0.15) is 5.82 Å². The summed E-state index contributed by atoms with van der Waals surface area (Å²) in [7, 11) is 0. The maximum Gasteiger partial charge on any atom is 0.255 e. The summed E-state index contributed by atoms with van der Waals surface area (Å²) in [4.78, 5) is 15.2. The van der Waals surface area contributed by atoms with Gasteiger partial charge in [0.25, 0.3) is 5.91 Å². The normalized spacial score (nSPS) is 10.7. The topological polar surface area (TPSA) is 44.9 Å². The number of carbonyl (C=O) groups excluding carboxylic acids is 1. The van der Waals surface area contributed by atoms with Crippen LogP contribution in [0, 0.1) is 5.82 Å². The van der Waals surface area contributed by atoms with E-state index in [4.69, 9.17) is 0 Å². The van der Waals surface area contributed by atoms with E-state index < -0.39 is 5.82 Å². The zero-order chi connectivity index (χ0) is 14.1. The van der Waals surface area contributed by atoms with Crippen molar-refractivity contribution in [2.45, 2.75) is 0 Å². The second kappa shape index (κ2) is 5.09. The molecule has 0 aliphatic heterocycles. The molecule has 20 heavy (non-hydrogen) atoms. The molecule has 3 nitrogen and oxygen atoms in total. The van der Waals surface area contributed by atoms with Crippen LogP contribution >= 0.6 is 15.9 Å². The number of fused-ring (bicyclic) bond motifs is 1. The molecule has 5 heteroatoms. The molecule has 1 aromatic heterocycles. The molecule has 0 atom stereocenters. The third-order valence-corrected chi connectivity index (χ3v) is 3.64. The van der Waals surface area contributed by atoms with Gasteiger partial charge in [0.15, 0.2) is 0 Å². The minimum atomic E-state index is -0.414. The molecule has 0 saturated heterocycles. The number of H-pyrrole nitrogens is 1. The fourth-order valence-corrected chi connectivity index (χ4v) is 2.21.